The van der Waals surface area contributed by atoms with Crippen molar-refractivity contribution < 1.29 is 27.9 Å². The van der Waals surface area contributed by atoms with Crippen molar-refractivity contribution in [1.82, 2.24) is 14.9 Å². The normalized spacial score (nSPS) is 17.5. The van der Waals surface area contributed by atoms with E-state index in [0.29, 0.717) is 60.6 Å². The van der Waals surface area contributed by atoms with Gasteiger partial charge in [0.2, 0.25) is 5.88 Å². The molecule has 5 rings (SSSR count). The number of nitrogens with zero attached hydrogens (tertiary/aromatic N) is 3. The minimum absolute atomic E-state index is 0.0663. The number of anilines is 2. The predicted octanol–water partition coefficient (Wildman–Crippen LogP) is 1.54. The molecule has 2 aromatic heterocycles. The maximum Gasteiger partial charge on any atom is 0.419 e. The van der Waals surface area contributed by atoms with Crippen molar-refractivity contribution in [2.24, 2.45) is 7.05 Å². The molecular formula is C22H22FN5O6. The average molecular weight is 471 g/mol. The molecule has 1 amide bonds. The van der Waals surface area contributed by atoms with Crippen LogP contribution in [0, 0.1) is 5.82 Å². The van der Waals surface area contributed by atoms with Crippen LogP contribution in [0.15, 0.2) is 33.5 Å². The first kappa shape index (κ1) is 21.9. The molecule has 0 bridgehead atoms. The summed E-state index contributed by atoms with van der Waals surface area (Å²) in [6.45, 7) is 1.37. The number of carbonyl (C=O) groups excluding carboxylic acids is 2. The van der Waals surface area contributed by atoms with Crippen LogP contribution in [0.5, 0.6) is 5.88 Å². The number of halogens is 1. The number of nitrogens with one attached hydrogen (secondary N) is 2. The van der Waals surface area contributed by atoms with Crippen LogP contribution < -0.4 is 26.0 Å². The maximum atomic E-state index is 14.4. The summed E-state index contributed by atoms with van der Waals surface area (Å²) < 4.78 is 31.3. The summed E-state index contributed by atoms with van der Waals surface area (Å²) in [6, 6.07) is 6.09. The SMILES string of the molecule is Cn1c(=O)oc2ccc(F)c(CCNCCC3CN(c4ccc5c(n4)OC(=O)CN5)C(=O)O3)c21. The second-order valence-corrected chi connectivity index (χ2v) is 8.05. The Labute approximate surface area is 192 Å². The molecular weight excluding hydrogens is 449 g/mol. The number of benzene rings is 1. The topological polar surface area (TPSA) is 128 Å². The molecule has 0 radical (unpaired) electrons. The lowest BCUT2D eigenvalue weighted by Gasteiger charge is -2.19. The van der Waals surface area contributed by atoms with Crippen molar-refractivity contribution in [3.05, 3.63) is 46.2 Å². The van der Waals surface area contributed by atoms with Gasteiger partial charge in [0.05, 0.1) is 17.7 Å². The number of oxazole rings is 1. The zero-order valence-electron chi connectivity index (χ0n) is 18.3. The van der Waals surface area contributed by atoms with Gasteiger partial charge in [-0.3, -0.25) is 9.47 Å². The van der Waals surface area contributed by atoms with Crippen LogP contribution in [0.4, 0.5) is 20.7 Å². The highest BCUT2D eigenvalue weighted by Crippen LogP contribution is 2.30. The van der Waals surface area contributed by atoms with Gasteiger partial charge in [0.15, 0.2) is 5.58 Å². The first-order valence-corrected chi connectivity index (χ1v) is 10.8. The van der Waals surface area contributed by atoms with Crippen LogP contribution in [-0.4, -0.2) is 53.9 Å². The van der Waals surface area contributed by atoms with Crippen LogP contribution in [0.25, 0.3) is 11.1 Å². The quantitative estimate of drug-likeness (QED) is 0.390. The molecule has 11 nitrogen and oxygen atoms in total. The highest BCUT2D eigenvalue weighted by Gasteiger charge is 2.33. The summed E-state index contributed by atoms with van der Waals surface area (Å²) >= 11 is 0. The zero-order valence-corrected chi connectivity index (χ0v) is 18.3. The van der Waals surface area contributed by atoms with E-state index in [1.165, 1.54) is 21.6 Å². The van der Waals surface area contributed by atoms with Gasteiger partial charge in [-0.05, 0) is 50.2 Å². The van der Waals surface area contributed by atoms with Gasteiger partial charge in [0, 0.05) is 12.6 Å². The average Bonchev–Trinajstić information content (AvgIpc) is 3.33. The first-order valence-electron chi connectivity index (χ1n) is 10.8. The highest BCUT2D eigenvalue weighted by atomic mass is 19.1. The maximum absolute atomic E-state index is 14.4. The van der Waals surface area contributed by atoms with Crippen LogP contribution >= 0.6 is 0 Å². The van der Waals surface area contributed by atoms with Crippen molar-refractivity contribution in [2.75, 3.05) is 36.4 Å². The highest BCUT2D eigenvalue weighted by molar-refractivity contribution is 5.89. The number of rotatable bonds is 7. The number of hydrogen-bond donors (Lipinski definition) is 2. The lowest BCUT2D eigenvalue weighted by Crippen LogP contribution is -2.29. The van der Waals surface area contributed by atoms with Crippen molar-refractivity contribution in [2.45, 2.75) is 18.9 Å². The van der Waals surface area contributed by atoms with Crippen LogP contribution in [0.1, 0.15) is 12.0 Å². The number of aryl methyl sites for hydroxylation is 1. The number of aromatic nitrogens is 2. The van der Waals surface area contributed by atoms with Crippen molar-refractivity contribution >= 4 is 34.7 Å². The number of hydrogen-bond acceptors (Lipinski definition) is 9. The summed E-state index contributed by atoms with van der Waals surface area (Å²) in [5.41, 5.74) is 1.79. The van der Waals surface area contributed by atoms with Crippen LogP contribution in [0.3, 0.4) is 0 Å². The van der Waals surface area contributed by atoms with Gasteiger partial charge in [-0.1, -0.05) is 0 Å². The third kappa shape index (κ3) is 4.07. The fourth-order valence-corrected chi connectivity index (χ4v) is 4.10. The van der Waals surface area contributed by atoms with Gasteiger partial charge in [0.1, 0.15) is 24.3 Å². The molecule has 1 fully saturated rings. The van der Waals surface area contributed by atoms with E-state index in [-0.39, 0.29) is 18.5 Å². The Kier molecular flexibility index (Phi) is 5.65. The molecule has 2 aliphatic rings. The molecule has 1 saturated heterocycles. The van der Waals surface area contributed by atoms with Crippen molar-refractivity contribution in [1.29, 1.82) is 0 Å². The number of amides is 1. The largest absolute Gasteiger partial charge is 0.444 e. The fraction of sp³-hybridized carbons (Fsp3) is 0.364. The van der Waals surface area contributed by atoms with Gasteiger partial charge in [-0.15, -0.1) is 0 Å². The van der Waals surface area contributed by atoms with Crippen molar-refractivity contribution in [3.8, 4) is 5.88 Å². The van der Waals surface area contributed by atoms with Crippen LogP contribution in [0.2, 0.25) is 0 Å². The van der Waals surface area contributed by atoms with E-state index in [1.807, 2.05) is 0 Å². The summed E-state index contributed by atoms with van der Waals surface area (Å²) in [7, 11) is 1.54. The van der Waals surface area contributed by atoms with Crippen molar-refractivity contribution in [3.63, 3.8) is 0 Å². The van der Waals surface area contributed by atoms with E-state index < -0.39 is 23.6 Å². The molecule has 3 aromatic rings. The van der Waals surface area contributed by atoms with Gasteiger partial charge in [-0.25, -0.2) is 18.8 Å². The van der Waals surface area contributed by atoms with Gasteiger partial charge >= 0.3 is 17.8 Å². The minimum atomic E-state index is -0.537. The molecule has 0 spiro atoms. The first-order chi connectivity index (χ1) is 16.4. The molecule has 12 heteroatoms. The van der Waals surface area contributed by atoms with E-state index in [1.54, 1.807) is 19.2 Å². The predicted molar refractivity (Wildman–Crippen MR) is 119 cm³/mol. The summed E-state index contributed by atoms with van der Waals surface area (Å²) in [4.78, 5) is 41.2. The number of fused-ring (bicyclic) bond motifs is 2. The Balaban J connectivity index is 1.14. The van der Waals surface area contributed by atoms with Gasteiger partial charge in [-0.2, -0.15) is 4.98 Å². The lowest BCUT2D eigenvalue weighted by molar-refractivity contribution is -0.133. The zero-order chi connectivity index (χ0) is 23.8. The molecule has 4 heterocycles. The number of pyridine rings is 1. The molecule has 0 saturated carbocycles. The Morgan fingerprint density at radius 1 is 1.21 bits per heavy atom. The molecule has 1 unspecified atom stereocenters. The Hall–Kier alpha value is -3.93. The summed E-state index contributed by atoms with van der Waals surface area (Å²) in [5.74, 6) is -0.917. The van der Waals surface area contributed by atoms with E-state index in [4.69, 9.17) is 13.9 Å². The van der Waals surface area contributed by atoms with Crippen LogP contribution in [-0.2, 0) is 23.0 Å². The summed E-state index contributed by atoms with van der Waals surface area (Å²) in [6.07, 6.45) is 0.0226. The fourth-order valence-electron chi connectivity index (χ4n) is 4.10. The molecule has 0 aliphatic carbocycles. The molecule has 2 aliphatic heterocycles. The van der Waals surface area contributed by atoms with Gasteiger partial charge < -0.3 is 24.5 Å². The molecule has 34 heavy (non-hydrogen) atoms. The monoisotopic (exact) mass is 471 g/mol. The number of ether oxygens (including phenoxy) is 2. The molecule has 1 aromatic carbocycles. The standard InChI is InChI=1S/C22H22FN5O6/c1-27-19-13(14(23)2-4-16(19)33-21(27)30)7-9-24-8-6-12-11-28(22(31)32-12)17-5-3-15-20(26-17)34-18(29)10-25-15/h2-5,12,24-25H,6-11H2,1H3. The number of carbonyl (C=O) groups is 2. The number of esters is 1. The molecule has 2 N–H and O–H groups in total. The third-order valence-corrected chi connectivity index (χ3v) is 5.82. The Bertz CT molecular complexity index is 1340. The Morgan fingerprint density at radius 2 is 2.06 bits per heavy atom. The smallest absolute Gasteiger partial charge is 0.419 e. The van der Waals surface area contributed by atoms with Gasteiger partial charge in [0.25, 0.3) is 0 Å². The summed E-state index contributed by atoms with van der Waals surface area (Å²) in [5, 5.41) is 6.11. The molecule has 178 valence electrons. The van der Waals surface area contributed by atoms with E-state index in [2.05, 4.69) is 15.6 Å². The second kappa shape index (κ2) is 8.78. The Morgan fingerprint density at radius 3 is 2.91 bits per heavy atom. The van der Waals surface area contributed by atoms with E-state index in [0.717, 1.165) is 0 Å². The lowest BCUT2D eigenvalue weighted by atomic mass is 10.1. The second-order valence-electron chi connectivity index (χ2n) is 8.05. The third-order valence-electron chi connectivity index (χ3n) is 5.82. The minimum Gasteiger partial charge on any atom is -0.444 e. The van der Waals surface area contributed by atoms with E-state index >= 15 is 0 Å². The number of cyclic esters (lactones) is 1. The van der Waals surface area contributed by atoms with E-state index in [9.17, 15) is 18.8 Å². The molecule has 1 atom stereocenters.